The van der Waals surface area contributed by atoms with Crippen molar-refractivity contribution in [3.63, 3.8) is 0 Å². The van der Waals surface area contributed by atoms with Gasteiger partial charge in [0.05, 0.1) is 17.1 Å². The standard InChI is InChI=1S/C24H25N7O2/c1-3-20-29-24(33-30-20)18-13-26-15(2)27-22(18)31-12-6-9-17(14-31)23(32)28-19-10-4-7-16-8-5-11-25-21(16)19/h4-5,7-8,10-11,13,17H,3,6,9,12,14H2,1-2H3,(H,28,32). The lowest BCUT2D eigenvalue weighted by Crippen LogP contribution is -2.41. The molecule has 5 rings (SSSR count). The number of nitrogens with one attached hydrogen (secondary N) is 1. The third kappa shape index (κ3) is 4.26. The summed E-state index contributed by atoms with van der Waals surface area (Å²) in [5.41, 5.74) is 2.21. The van der Waals surface area contributed by atoms with Crippen LogP contribution in [-0.4, -0.2) is 44.1 Å². The van der Waals surface area contributed by atoms with Crippen molar-refractivity contribution in [2.45, 2.75) is 33.1 Å². The van der Waals surface area contributed by atoms with E-state index >= 15 is 0 Å². The van der Waals surface area contributed by atoms with Crippen molar-refractivity contribution in [2.24, 2.45) is 5.92 Å². The van der Waals surface area contributed by atoms with E-state index < -0.39 is 0 Å². The Morgan fingerprint density at radius 1 is 1.21 bits per heavy atom. The maximum atomic E-state index is 13.2. The van der Waals surface area contributed by atoms with Crippen LogP contribution in [0.4, 0.5) is 11.5 Å². The van der Waals surface area contributed by atoms with Gasteiger partial charge in [0.15, 0.2) is 5.82 Å². The van der Waals surface area contributed by atoms with Crippen molar-refractivity contribution in [3.8, 4) is 11.5 Å². The predicted octanol–water partition coefficient (Wildman–Crippen LogP) is 3.80. The predicted molar refractivity (Wildman–Crippen MR) is 125 cm³/mol. The molecule has 168 valence electrons. The molecule has 1 aliphatic heterocycles. The minimum atomic E-state index is -0.185. The molecule has 0 spiro atoms. The number of amides is 1. The van der Waals surface area contributed by atoms with Gasteiger partial charge in [-0.3, -0.25) is 9.78 Å². The Hall–Kier alpha value is -3.88. The molecule has 9 heteroatoms. The van der Waals surface area contributed by atoms with Crippen LogP contribution in [0.15, 0.2) is 47.2 Å². The molecule has 0 saturated carbocycles. The van der Waals surface area contributed by atoms with E-state index in [-0.39, 0.29) is 11.8 Å². The van der Waals surface area contributed by atoms with E-state index in [2.05, 4.69) is 35.3 Å². The number of carbonyl (C=O) groups excluding carboxylic acids is 1. The normalized spacial score (nSPS) is 16.2. The fraction of sp³-hybridized carbons (Fsp3) is 0.333. The van der Waals surface area contributed by atoms with E-state index in [0.717, 1.165) is 41.8 Å². The van der Waals surface area contributed by atoms with Crippen LogP contribution < -0.4 is 10.2 Å². The second-order valence-corrected chi connectivity index (χ2v) is 8.18. The number of pyridine rings is 1. The monoisotopic (exact) mass is 443 g/mol. The molecule has 0 radical (unpaired) electrons. The minimum Gasteiger partial charge on any atom is -0.355 e. The largest absolute Gasteiger partial charge is 0.355 e. The average Bonchev–Trinajstić information content (AvgIpc) is 3.33. The minimum absolute atomic E-state index is 0.0174. The van der Waals surface area contributed by atoms with Gasteiger partial charge in [-0.15, -0.1) is 0 Å². The number of hydrogen-bond donors (Lipinski definition) is 1. The van der Waals surface area contributed by atoms with Crippen LogP contribution in [0.25, 0.3) is 22.4 Å². The van der Waals surface area contributed by atoms with Crippen LogP contribution in [0.1, 0.15) is 31.4 Å². The van der Waals surface area contributed by atoms with Gasteiger partial charge in [0.2, 0.25) is 5.91 Å². The molecule has 0 aliphatic carbocycles. The van der Waals surface area contributed by atoms with Crippen LogP contribution in [0.5, 0.6) is 0 Å². The SMILES string of the molecule is CCc1noc(-c2cnc(C)nc2N2CCCC(C(=O)Nc3cccc4cccnc34)C2)n1. The molecule has 1 atom stereocenters. The topological polar surface area (TPSA) is 110 Å². The lowest BCUT2D eigenvalue weighted by atomic mass is 9.96. The second-order valence-electron chi connectivity index (χ2n) is 8.18. The van der Waals surface area contributed by atoms with Crippen LogP contribution in [-0.2, 0) is 11.2 Å². The number of hydrogen-bond acceptors (Lipinski definition) is 8. The van der Waals surface area contributed by atoms with E-state index in [1.54, 1.807) is 12.4 Å². The number of aromatic nitrogens is 5. The molecule has 1 unspecified atom stereocenters. The molecule has 1 fully saturated rings. The number of benzene rings is 1. The Bertz CT molecular complexity index is 1300. The molecule has 1 aliphatic rings. The van der Waals surface area contributed by atoms with Crippen LogP contribution in [0.3, 0.4) is 0 Å². The maximum absolute atomic E-state index is 13.2. The first kappa shape index (κ1) is 21.0. The highest BCUT2D eigenvalue weighted by atomic mass is 16.5. The average molecular weight is 444 g/mol. The van der Waals surface area contributed by atoms with Gasteiger partial charge in [-0.05, 0) is 31.9 Å². The number of para-hydroxylation sites is 1. The molecule has 9 nitrogen and oxygen atoms in total. The van der Waals surface area contributed by atoms with E-state index in [4.69, 9.17) is 4.52 Å². The van der Waals surface area contributed by atoms with Gasteiger partial charge in [-0.1, -0.05) is 30.3 Å². The lowest BCUT2D eigenvalue weighted by molar-refractivity contribution is -0.120. The fourth-order valence-electron chi connectivity index (χ4n) is 4.18. The van der Waals surface area contributed by atoms with Crippen molar-refractivity contribution in [1.29, 1.82) is 0 Å². The summed E-state index contributed by atoms with van der Waals surface area (Å²) in [5, 5.41) is 8.09. The van der Waals surface area contributed by atoms with E-state index in [1.165, 1.54) is 0 Å². The highest BCUT2D eigenvalue weighted by Gasteiger charge is 2.29. The summed E-state index contributed by atoms with van der Waals surface area (Å²) in [6.07, 6.45) is 5.82. The first-order chi connectivity index (χ1) is 16.1. The Morgan fingerprint density at radius 2 is 2.09 bits per heavy atom. The molecule has 1 saturated heterocycles. The zero-order chi connectivity index (χ0) is 22.8. The zero-order valence-corrected chi connectivity index (χ0v) is 18.7. The molecular weight excluding hydrogens is 418 g/mol. The molecule has 1 N–H and O–H groups in total. The van der Waals surface area contributed by atoms with Crippen LogP contribution >= 0.6 is 0 Å². The van der Waals surface area contributed by atoms with Crippen LogP contribution in [0, 0.1) is 12.8 Å². The van der Waals surface area contributed by atoms with Crippen molar-refractivity contribution >= 4 is 28.3 Å². The van der Waals surface area contributed by atoms with Gasteiger partial charge < -0.3 is 14.7 Å². The lowest BCUT2D eigenvalue weighted by Gasteiger charge is -2.33. The summed E-state index contributed by atoms with van der Waals surface area (Å²) in [4.78, 5) is 33.2. The molecule has 0 bridgehead atoms. The number of fused-ring (bicyclic) bond motifs is 1. The smallest absolute Gasteiger partial charge is 0.263 e. The second kappa shape index (κ2) is 8.93. The first-order valence-electron chi connectivity index (χ1n) is 11.2. The van der Waals surface area contributed by atoms with Gasteiger partial charge in [-0.25, -0.2) is 9.97 Å². The molecule has 4 heterocycles. The summed E-state index contributed by atoms with van der Waals surface area (Å²) in [5.74, 6) is 2.20. The molecule has 3 aromatic heterocycles. The molecule has 1 aromatic carbocycles. The quantitative estimate of drug-likeness (QED) is 0.496. The fourth-order valence-corrected chi connectivity index (χ4v) is 4.18. The summed E-state index contributed by atoms with van der Waals surface area (Å²) >= 11 is 0. The van der Waals surface area contributed by atoms with Gasteiger partial charge >= 0.3 is 0 Å². The molecule has 4 aromatic rings. The summed E-state index contributed by atoms with van der Waals surface area (Å²) in [6.45, 7) is 5.15. The van der Waals surface area contributed by atoms with Gasteiger partial charge in [0, 0.05) is 37.3 Å². The number of piperidine rings is 1. The summed E-state index contributed by atoms with van der Waals surface area (Å²) in [7, 11) is 0. The number of rotatable bonds is 5. The Labute approximate surface area is 191 Å². The van der Waals surface area contributed by atoms with Gasteiger partial charge in [-0.2, -0.15) is 4.98 Å². The maximum Gasteiger partial charge on any atom is 0.263 e. The van der Waals surface area contributed by atoms with Crippen molar-refractivity contribution in [3.05, 3.63) is 54.4 Å². The third-order valence-electron chi connectivity index (χ3n) is 5.89. The number of nitrogens with zero attached hydrogens (tertiary/aromatic N) is 6. The van der Waals surface area contributed by atoms with Crippen molar-refractivity contribution < 1.29 is 9.32 Å². The van der Waals surface area contributed by atoms with Crippen molar-refractivity contribution in [2.75, 3.05) is 23.3 Å². The highest BCUT2D eigenvalue weighted by Crippen LogP contribution is 2.31. The summed E-state index contributed by atoms with van der Waals surface area (Å²) in [6, 6.07) is 9.68. The molecule has 1 amide bonds. The van der Waals surface area contributed by atoms with E-state index in [9.17, 15) is 4.79 Å². The Kier molecular flexibility index (Phi) is 5.68. The highest BCUT2D eigenvalue weighted by molar-refractivity contribution is 6.01. The van der Waals surface area contributed by atoms with Gasteiger partial charge in [0.1, 0.15) is 17.2 Å². The number of carbonyl (C=O) groups is 1. The van der Waals surface area contributed by atoms with Crippen molar-refractivity contribution in [1.82, 2.24) is 25.1 Å². The number of anilines is 2. The van der Waals surface area contributed by atoms with E-state index in [1.807, 2.05) is 44.2 Å². The summed E-state index contributed by atoms with van der Waals surface area (Å²) < 4.78 is 5.45. The number of aryl methyl sites for hydroxylation is 2. The zero-order valence-electron chi connectivity index (χ0n) is 18.7. The first-order valence-corrected chi connectivity index (χ1v) is 11.2. The van der Waals surface area contributed by atoms with Crippen LogP contribution in [0.2, 0.25) is 0 Å². The molecule has 33 heavy (non-hydrogen) atoms. The van der Waals surface area contributed by atoms with E-state index in [0.29, 0.717) is 36.1 Å². The third-order valence-corrected chi connectivity index (χ3v) is 5.89. The Morgan fingerprint density at radius 3 is 2.94 bits per heavy atom. The Balaban J connectivity index is 1.39. The van der Waals surface area contributed by atoms with Gasteiger partial charge in [0.25, 0.3) is 5.89 Å². The molecular formula is C24H25N7O2.